The number of hydrogen-bond acceptors (Lipinski definition) is 7. The van der Waals surface area contributed by atoms with Crippen molar-refractivity contribution in [2.45, 2.75) is 9.79 Å². The Kier molecular flexibility index (Phi) is 2.85. The predicted molar refractivity (Wildman–Crippen MR) is 77.8 cm³/mol. The van der Waals surface area contributed by atoms with E-state index < -0.39 is 0 Å². The second-order valence-corrected chi connectivity index (χ2v) is 5.64. The molecule has 21 heavy (non-hydrogen) atoms. The lowest BCUT2D eigenvalue weighted by atomic mass is 10.3. The molecular formula is C14H11N3O3S. The van der Waals surface area contributed by atoms with Gasteiger partial charge in [-0.25, -0.2) is 4.63 Å². The summed E-state index contributed by atoms with van der Waals surface area (Å²) in [4.78, 5) is 1.95. The zero-order chi connectivity index (χ0) is 14.2. The topological polar surface area (TPSA) is 83.4 Å². The van der Waals surface area contributed by atoms with E-state index in [0.29, 0.717) is 29.9 Å². The van der Waals surface area contributed by atoms with Crippen LogP contribution < -0.4 is 15.2 Å². The van der Waals surface area contributed by atoms with Crippen molar-refractivity contribution in [2.75, 3.05) is 18.9 Å². The zero-order valence-electron chi connectivity index (χ0n) is 10.9. The lowest BCUT2D eigenvalue weighted by Gasteiger charge is -2.18. The highest BCUT2D eigenvalue weighted by molar-refractivity contribution is 7.99. The summed E-state index contributed by atoms with van der Waals surface area (Å²) in [5, 5.41) is 7.74. The van der Waals surface area contributed by atoms with Crippen molar-refractivity contribution in [3.05, 3.63) is 30.3 Å². The fraction of sp³-hybridized carbons (Fsp3) is 0.143. The molecular weight excluding hydrogens is 290 g/mol. The van der Waals surface area contributed by atoms with Crippen LogP contribution in [-0.4, -0.2) is 23.5 Å². The number of benzene rings is 2. The average Bonchev–Trinajstić information content (AvgIpc) is 3.01. The van der Waals surface area contributed by atoms with Gasteiger partial charge in [0.2, 0.25) is 0 Å². The van der Waals surface area contributed by atoms with Crippen LogP contribution >= 0.6 is 11.8 Å². The van der Waals surface area contributed by atoms with E-state index >= 15 is 0 Å². The van der Waals surface area contributed by atoms with Gasteiger partial charge in [0.25, 0.3) is 0 Å². The van der Waals surface area contributed by atoms with Gasteiger partial charge < -0.3 is 15.2 Å². The van der Waals surface area contributed by atoms with Crippen LogP contribution in [0.25, 0.3) is 11.0 Å². The fourth-order valence-corrected chi connectivity index (χ4v) is 3.08. The largest absolute Gasteiger partial charge is 0.486 e. The Bertz CT molecular complexity index is 818. The van der Waals surface area contributed by atoms with Gasteiger partial charge in [-0.15, -0.1) is 0 Å². The number of fused-ring (bicyclic) bond motifs is 2. The lowest BCUT2D eigenvalue weighted by molar-refractivity contribution is 0.171. The molecule has 0 saturated heterocycles. The Morgan fingerprint density at radius 2 is 1.76 bits per heavy atom. The highest BCUT2D eigenvalue weighted by atomic mass is 32.2. The first-order chi connectivity index (χ1) is 10.3. The molecule has 7 heteroatoms. The minimum atomic E-state index is 0.553. The summed E-state index contributed by atoms with van der Waals surface area (Å²) in [6, 6.07) is 9.55. The maximum atomic E-state index is 5.85. The molecule has 4 rings (SSSR count). The van der Waals surface area contributed by atoms with Crippen molar-refractivity contribution in [3.8, 4) is 11.5 Å². The van der Waals surface area contributed by atoms with Crippen LogP contribution in [-0.2, 0) is 0 Å². The molecule has 0 atom stereocenters. The monoisotopic (exact) mass is 301 g/mol. The van der Waals surface area contributed by atoms with Gasteiger partial charge in [-0.1, -0.05) is 11.8 Å². The number of nitrogens with zero attached hydrogens (tertiary/aromatic N) is 2. The molecule has 2 heterocycles. The van der Waals surface area contributed by atoms with E-state index in [4.69, 9.17) is 19.8 Å². The molecule has 106 valence electrons. The van der Waals surface area contributed by atoms with Crippen LogP contribution in [0.1, 0.15) is 0 Å². The molecule has 0 aliphatic carbocycles. The third kappa shape index (κ3) is 2.15. The number of anilines is 1. The van der Waals surface area contributed by atoms with Gasteiger partial charge in [-0.3, -0.25) is 0 Å². The second-order valence-electron chi connectivity index (χ2n) is 4.52. The normalized spacial score (nSPS) is 13.5. The SMILES string of the molecule is Nc1ccc(Sc2ccc3c(c2)OCCO3)c2nonc12. The number of nitrogens with two attached hydrogens (primary N) is 1. The van der Waals surface area contributed by atoms with E-state index in [1.165, 1.54) is 0 Å². The molecule has 2 N–H and O–H groups in total. The Hall–Kier alpha value is -2.41. The number of hydrogen-bond donors (Lipinski definition) is 1. The van der Waals surface area contributed by atoms with Crippen molar-refractivity contribution in [2.24, 2.45) is 0 Å². The lowest BCUT2D eigenvalue weighted by Crippen LogP contribution is -2.15. The standard InChI is InChI=1S/C14H11N3O3S/c15-9-2-4-12(14-13(9)16-20-17-14)21-8-1-3-10-11(7-8)19-6-5-18-10/h1-4,7H,5-6,15H2. The van der Waals surface area contributed by atoms with Crippen LogP contribution in [0.15, 0.2) is 44.8 Å². The maximum Gasteiger partial charge on any atom is 0.162 e. The van der Waals surface area contributed by atoms with Crippen LogP contribution in [0.3, 0.4) is 0 Å². The maximum absolute atomic E-state index is 5.85. The average molecular weight is 301 g/mol. The van der Waals surface area contributed by atoms with E-state index in [9.17, 15) is 0 Å². The summed E-state index contributed by atoms with van der Waals surface area (Å²) in [6.07, 6.45) is 0. The molecule has 0 saturated carbocycles. The van der Waals surface area contributed by atoms with E-state index in [1.54, 1.807) is 17.8 Å². The minimum Gasteiger partial charge on any atom is -0.486 e. The first kappa shape index (κ1) is 12.3. The van der Waals surface area contributed by atoms with Crippen molar-refractivity contribution in [1.29, 1.82) is 0 Å². The Morgan fingerprint density at radius 1 is 0.952 bits per heavy atom. The van der Waals surface area contributed by atoms with Gasteiger partial charge in [0, 0.05) is 9.79 Å². The molecule has 6 nitrogen and oxygen atoms in total. The molecule has 2 aromatic carbocycles. The molecule has 1 aliphatic heterocycles. The summed E-state index contributed by atoms with van der Waals surface area (Å²) in [6.45, 7) is 1.16. The summed E-state index contributed by atoms with van der Waals surface area (Å²) in [5.74, 6) is 1.53. The Labute approximate surface area is 124 Å². The molecule has 0 radical (unpaired) electrons. The van der Waals surface area contributed by atoms with E-state index in [1.807, 2.05) is 24.3 Å². The number of rotatable bonds is 2. The number of ether oxygens (including phenoxy) is 2. The minimum absolute atomic E-state index is 0.553. The molecule has 0 fully saturated rings. The predicted octanol–water partition coefficient (Wildman–Crippen LogP) is 2.73. The quantitative estimate of drug-likeness (QED) is 0.728. The fourth-order valence-electron chi connectivity index (χ4n) is 2.16. The van der Waals surface area contributed by atoms with E-state index in [2.05, 4.69) is 10.3 Å². The molecule has 0 bridgehead atoms. The van der Waals surface area contributed by atoms with Gasteiger partial charge in [0.1, 0.15) is 13.2 Å². The first-order valence-electron chi connectivity index (χ1n) is 6.39. The van der Waals surface area contributed by atoms with E-state index in [0.717, 1.165) is 21.3 Å². The van der Waals surface area contributed by atoms with Gasteiger partial charge in [0.05, 0.1) is 5.69 Å². The van der Waals surface area contributed by atoms with Gasteiger partial charge >= 0.3 is 0 Å². The smallest absolute Gasteiger partial charge is 0.162 e. The van der Waals surface area contributed by atoms with Gasteiger partial charge in [-0.2, -0.15) is 0 Å². The summed E-state index contributed by atoms with van der Waals surface area (Å²) >= 11 is 1.55. The van der Waals surface area contributed by atoms with E-state index in [-0.39, 0.29) is 0 Å². The molecule has 1 aromatic heterocycles. The second kappa shape index (κ2) is 4.85. The third-order valence-electron chi connectivity index (χ3n) is 3.15. The third-order valence-corrected chi connectivity index (χ3v) is 4.19. The molecule has 1 aliphatic rings. The summed E-state index contributed by atoms with van der Waals surface area (Å²) < 4.78 is 15.9. The summed E-state index contributed by atoms with van der Waals surface area (Å²) in [5.41, 5.74) is 7.64. The molecule has 3 aromatic rings. The Morgan fingerprint density at radius 3 is 2.67 bits per heavy atom. The molecule has 0 amide bonds. The van der Waals surface area contributed by atoms with Crippen molar-refractivity contribution >= 4 is 28.5 Å². The van der Waals surface area contributed by atoms with Crippen LogP contribution in [0.5, 0.6) is 11.5 Å². The highest BCUT2D eigenvalue weighted by Gasteiger charge is 2.15. The zero-order valence-corrected chi connectivity index (χ0v) is 11.7. The van der Waals surface area contributed by atoms with Crippen LogP contribution in [0.4, 0.5) is 5.69 Å². The Balaban J connectivity index is 1.71. The van der Waals surface area contributed by atoms with Gasteiger partial charge in [0.15, 0.2) is 22.5 Å². The first-order valence-corrected chi connectivity index (χ1v) is 7.21. The van der Waals surface area contributed by atoms with Crippen molar-refractivity contribution in [1.82, 2.24) is 10.3 Å². The van der Waals surface area contributed by atoms with Crippen molar-refractivity contribution < 1.29 is 14.1 Å². The van der Waals surface area contributed by atoms with Crippen LogP contribution in [0.2, 0.25) is 0 Å². The highest BCUT2D eigenvalue weighted by Crippen LogP contribution is 2.39. The van der Waals surface area contributed by atoms with Crippen molar-refractivity contribution in [3.63, 3.8) is 0 Å². The molecule has 0 spiro atoms. The summed E-state index contributed by atoms with van der Waals surface area (Å²) in [7, 11) is 0. The van der Waals surface area contributed by atoms with Gasteiger partial charge in [-0.05, 0) is 40.6 Å². The van der Waals surface area contributed by atoms with Crippen LogP contribution in [0, 0.1) is 0 Å². The number of nitrogen functional groups attached to an aromatic ring is 1. The number of aromatic nitrogens is 2. The molecule has 0 unspecified atom stereocenters.